The number of aryl methyl sites for hydroxylation is 1. The molecule has 0 saturated heterocycles. The SMILES string of the molecule is FCCCc1[c]sc(Cc2ncc(C(F)(F)F)cc2Cl)c1. The lowest BCUT2D eigenvalue weighted by Crippen LogP contribution is -2.06. The van der Waals surface area contributed by atoms with Gasteiger partial charge < -0.3 is 0 Å². The summed E-state index contributed by atoms with van der Waals surface area (Å²) in [5.41, 5.74) is 0.422. The van der Waals surface area contributed by atoms with Crippen LogP contribution in [0.3, 0.4) is 0 Å². The number of hydrogen-bond donors (Lipinski definition) is 0. The van der Waals surface area contributed by atoms with Gasteiger partial charge in [-0.25, -0.2) is 0 Å². The van der Waals surface area contributed by atoms with Gasteiger partial charge in [-0.3, -0.25) is 9.37 Å². The molecule has 0 unspecified atom stereocenters. The van der Waals surface area contributed by atoms with Crippen molar-refractivity contribution < 1.29 is 17.6 Å². The second-order valence-electron chi connectivity index (χ2n) is 4.46. The van der Waals surface area contributed by atoms with Gasteiger partial charge in [-0.1, -0.05) is 11.6 Å². The maximum Gasteiger partial charge on any atom is 0.417 e. The first-order valence-corrected chi connectivity index (χ1v) is 7.36. The van der Waals surface area contributed by atoms with E-state index in [9.17, 15) is 17.6 Å². The van der Waals surface area contributed by atoms with Crippen LogP contribution in [0.25, 0.3) is 0 Å². The minimum Gasteiger partial charge on any atom is -0.259 e. The molecule has 2 aromatic rings. The molecule has 0 aliphatic carbocycles. The Bertz CT molecular complexity index is 609. The Labute approximate surface area is 128 Å². The highest BCUT2D eigenvalue weighted by atomic mass is 35.5. The van der Waals surface area contributed by atoms with E-state index in [1.165, 1.54) is 11.3 Å². The van der Waals surface area contributed by atoms with Crippen molar-refractivity contribution >= 4 is 22.9 Å². The Hall–Kier alpha value is -1.14. The number of thiophene rings is 1. The van der Waals surface area contributed by atoms with Crippen molar-refractivity contribution in [3.8, 4) is 0 Å². The molecule has 0 amide bonds. The Kier molecular flexibility index (Phi) is 5.22. The third-order valence-electron chi connectivity index (χ3n) is 2.81. The van der Waals surface area contributed by atoms with Crippen LogP contribution < -0.4 is 0 Å². The molecule has 2 rings (SSSR count). The summed E-state index contributed by atoms with van der Waals surface area (Å²) in [4.78, 5) is 4.68. The van der Waals surface area contributed by atoms with E-state index >= 15 is 0 Å². The van der Waals surface area contributed by atoms with E-state index in [0.717, 1.165) is 22.7 Å². The molecule has 0 aliphatic heterocycles. The molecule has 0 aliphatic rings. The maximum absolute atomic E-state index is 12.5. The van der Waals surface area contributed by atoms with E-state index < -0.39 is 11.7 Å². The standard InChI is InChI=1S/C14H11ClF4NS/c15-12-5-10(14(17,18)19)7-20-13(12)6-11-4-9(8-21-11)2-1-3-16/h4-5,7H,1-3,6H2. The van der Waals surface area contributed by atoms with Crippen molar-refractivity contribution in [2.45, 2.75) is 25.4 Å². The highest BCUT2D eigenvalue weighted by molar-refractivity contribution is 7.09. The first kappa shape index (κ1) is 16.2. The topological polar surface area (TPSA) is 12.9 Å². The van der Waals surface area contributed by atoms with Crippen molar-refractivity contribution in [1.29, 1.82) is 0 Å². The molecule has 1 radical (unpaired) electrons. The van der Waals surface area contributed by atoms with E-state index in [4.69, 9.17) is 11.6 Å². The summed E-state index contributed by atoms with van der Waals surface area (Å²) < 4.78 is 49.6. The summed E-state index contributed by atoms with van der Waals surface area (Å²) in [5.74, 6) is 0. The molecule has 0 aromatic carbocycles. The second-order valence-corrected chi connectivity index (χ2v) is 5.80. The number of rotatable bonds is 5. The Morgan fingerprint density at radius 3 is 2.67 bits per heavy atom. The lowest BCUT2D eigenvalue weighted by molar-refractivity contribution is -0.137. The van der Waals surface area contributed by atoms with Gasteiger partial charge in [0.1, 0.15) is 0 Å². The molecular weight excluding hydrogens is 326 g/mol. The zero-order valence-electron chi connectivity index (χ0n) is 10.8. The maximum atomic E-state index is 12.5. The average Bonchev–Trinajstić information content (AvgIpc) is 2.85. The number of alkyl halides is 4. The predicted molar refractivity (Wildman–Crippen MR) is 74.5 cm³/mol. The first-order chi connectivity index (χ1) is 9.90. The van der Waals surface area contributed by atoms with Crippen LogP contribution in [0.15, 0.2) is 18.3 Å². The van der Waals surface area contributed by atoms with Crippen molar-refractivity contribution in [2.24, 2.45) is 0 Å². The van der Waals surface area contributed by atoms with Crippen molar-refractivity contribution in [2.75, 3.05) is 6.67 Å². The van der Waals surface area contributed by atoms with Crippen molar-refractivity contribution in [1.82, 2.24) is 4.98 Å². The lowest BCUT2D eigenvalue weighted by atomic mass is 10.1. The van der Waals surface area contributed by atoms with Crippen LogP contribution in [0.4, 0.5) is 17.6 Å². The highest BCUT2D eigenvalue weighted by Gasteiger charge is 2.31. The molecule has 0 atom stereocenters. The fraction of sp³-hybridized carbons (Fsp3) is 0.357. The molecule has 2 heterocycles. The zero-order chi connectivity index (χ0) is 15.5. The third-order valence-corrected chi connectivity index (χ3v) is 4.03. The fourth-order valence-corrected chi connectivity index (χ4v) is 2.83. The molecule has 21 heavy (non-hydrogen) atoms. The van der Waals surface area contributed by atoms with Gasteiger partial charge in [-0.15, -0.1) is 11.3 Å². The summed E-state index contributed by atoms with van der Waals surface area (Å²) in [7, 11) is 0. The van der Waals surface area contributed by atoms with E-state index in [2.05, 4.69) is 10.4 Å². The van der Waals surface area contributed by atoms with Crippen LogP contribution in [-0.2, 0) is 19.0 Å². The Morgan fingerprint density at radius 1 is 1.29 bits per heavy atom. The van der Waals surface area contributed by atoms with Gasteiger partial charge in [0.05, 0.1) is 23.0 Å². The molecule has 2 aromatic heterocycles. The van der Waals surface area contributed by atoms with Crippen LogP contribution in [0.1, 0.15) is 28.1 Å². The number of hydrogen-bond acceptors (Lipinski definition) is 2. The number of halogens is 5. The van der Waals surface area contributed by atoms with Gasteiger partial charge in [0.15, 0.2) is 0 Å². The van der Waals surface area contributed by atoms with Crippen LogP contribution in [0.2, 0.25) is 5.02 Å². The van der Waals surface area contributed by atoms with Gasteiger partial charge in [-0.2, -0.15) is 13.2 Å². The van der Waals surface area contributed by atoms with Gasteiger partial charge >= 0.3 is 6.18 Å². The number of aromatic nitrogens is 1. The van der Waals surface area contributed by atoms with Gasteiger partial charge in [0.25, 0.3) is 0 Å². The lowest BCUT2D eigenvalue weighted by Gasteiger charge is -2.08. The smallest absolute Gasteiger partial charge is 0.259 e. The van der Waals surface area contributed by atoms with Crippen LogP contribution in [-0.4, -0.2) is 11.7 Å². The summed E-state index contributed by atoms with van der Waals surface area (Å²) in [6.45, 7) is -0.384. The molecule has 0 fully saturated rings. The van der Waals surface area contributed by atoms with Crippen LogP contribution in [0.5, 0.6) is 0 Å². The monoisotopic (exact) mass is 336 g/mol. The highest BCUT2D eigenvalue weighted by Crippen LogP contribution is 2.32. The zero-order valence-corrected chi connectivity index (χ0v) is 12.4. The van der Waals surface area contributed by atoms with Crippen LogP contribution >= 0.6 is 22.9 Å². The minimum atomic E-state index is -4.45. The normalized spacial score (nSPS) is 11.9. The number of nitrogens with zero attached hydrogens (tertiary/aromatic N) is 1. The van der Waals surface area contributed by atoms with Crippen molar-refractivity contribution in [3.05, 3.63) is 50.4 Å². The quantitative estimate of drug-likeness (QED) is 0.691. The van der Waals surface area contributed by atoms with Crippen molar-refractivity contribution in [3.63, 3.8) is 0 Å². The minimum absolute atomic E-state index is 0.0106. The molecule has 0 spiro atoms. The van der Waals surface area contributed by atoms with Gasteiger partial charge in [0, 0.05) is 22.9 Å². The fourth-order valence-electron chi connectivity index (χ4n) is 1.77. The Morgan fingerprint density at radius 2 is 2.05 bits per heavy atom. The van der Waals surface area contributed by atoms with E-state index in [1.807, 2.05) is 6.07 Å². The summed E-state index contributed by atoms with van der Waals surface area (Å²) >= 11 is 7.20. The van der Waals surface area contributed by atoms with Gasteiger partial charge in [-0.05, 0) is 30.5 Å². The molecule has 0 saturated carbocycles. The largest absolute Gasteiger partial charge is 0.417 e. The summed E-state index contributed by atoms with van der Waals surface area (Å²) in [5, 5.41) is 3.03. The Balaban J connectivity index is 2.11. The van der Waals surface area contributed by atoms with E-state index in [0.29, 0.717) is 25.0 Å². The molecule has 1 nitrogen and oxygen atoms in total. The average molecular weight is 337 g/mol. The summed E-state index contributed by atoms with van der Waals surface area (Å²) in [6, 6.07) is 2.74. The third kappa shape index (κ3) is 4.41. The second kappa shape index (κ2) is 6.75. The first-order valence-electron chi connectivity index (χ1n) is 6.17. The molecule has 113 valence electrons. The van der Waals surface area contributed by atoms with Crippen LogP contribution in [0, 0.1) is 5.38 Å². The molecule has 7 heteroatoms. The summed E-state index contributed by atoms with van der Waals surface area (Å²) in [6.07, 6.45) is -2.30. The van der Waals surface area contributed by atoms with Gasteiger partial charge in [0.2, 0.25) is 0 Å². The molecular formula is C14H11ClF4NS. The number of pyridine rings is 1. The van der Waals surface area contributed by atoms with E-state index in [1.54, 1.807) is 0 Å². The predicted octanol–water partition coefficient (Wildman–Crippen LogP) is 5.11. The molecule has 0 bridgehead atoms. The molecule has 0 N–H and O–H groups in total. The van der Waals surface area contributed by atoms with E-state index in [-0.39, 0.29) is 11.7 Å².